The number of carbonyl (C=O) groups excluding carboxylic acids is 1. The topological polar surface area (TPSA) is 103 Å². The highest BCUT2D eigenvalue weighted by atomic mass is 32.2. The Hall–Kier alpha value is -2.26. The van der Waals surface area contributed by atoms with E-state index in [2.05, 4.69) is 10.1 Å². The van der Waals surface area contributed by atoms with Crippen molar-refractivity contribution in [3.05, 3.63) is 40.5 Å². The summed E-state index contributed by atoms with van der Waals surface area (Å²) in [5.41, 5.74) is 2.34. The fourth-order valence-electron chi connectivity index (χ4n) is 3.58. The van der Waals surface area contributed by atoms with Gasteiger partial charge >= 0.3 is 5.97 Å². The van der Waals surface area contributed by atoms with Crippen LogP contribution in [-0.2, 0) is 26.2 Å². The Labute approximate surface area is 158 Å². The maximum atomic E-state index is 13.3. The monoisotopic (exact) mass is 393 g/mol. The molecular weight excluding hydrogens is 370 g/mol. The molecule has 1 aliphatic rings. The zero-order valence-electron chi connectivity index (χ0n) is 15.9. The van der Waals surface area contributed by atoms with Crippen LogP contribution in [0.2, 0.25) is 0 Å². The van der Waals surface area contributed by atoms with Crippen molar-refractivity contribution in [2.45, 2.75) is 58.1 Å². The number of carbonyl (C=O) groups is 1. The molecule has 8 nitrogen and oxygen atoms in total. The van der Waals surface area contributed by atoms with Crippen LogP contribution in [0.25, 0.3) is 0 Å². The van der Waals surface area contributed by atoms with Crippen molar-refractivity contribution in [1.29, 1.82) is 0 Å². The summed E-state index contributed by atoms with van der Waals surface area (Å²) in [5.74, 6) is 0.0178. The van der Waals surface area contributed by atoms with Gasteiger partial charge in [0.25, 0.3) is 5.89 Å². The summed E-state index contributed by atoms with van der Waals surface area (Å²) in [6.45, 7) is 7.24. The number of aromatic nitrogens is 2. The third kappa shape index (κ3) is 3.89. The predicted octanol–water partition coefficient (Wildman–Crippen LogP) is 2.20. The van der Waals surface area contributed by atoms with Crippen LogP contribution in [0.5, 0.6) is 0 Å². The minimum absolute atomic E-state index is 0.174. The molecule has 0 spiro atoms. The molecule has 0 radical (unpaired) electrons. The first-order valence-corrected chi connectivity index (χ1v) is 10.2. The first-order valence-electron chi connectivity index (χ1n) is 8.75. The van der Waals surface area contributed by atoms with E-state index in [0.717, 1.165) is 5.56 Å². The molecule has 3 rings (SSSR count). The number of ether oxygens (including phenoxy) is 1. The normalized spacial score (nSPS) is 18.0. The lowest BCUT2D eigenvalue weighted by atomic mass is 10.1. The second-order valence-electron chi connectivity index (χ2n) is 6.84. The number of aryl methyl sites for hydroxylation is 4. The second kappa shape index (κ2) is 7.40. The molecule has 2 aromatic rings. The van der Waals surface area contributed by atoms with Crippen LogP contribution in [0.15, 0.2) is 21.6 Å². The van der Waals surface area contributed by atoms with Gasteiger partial charge < -0.3 is 9.26 Å². The van der Waals surface area contributed by atoms with E-state index in [1.807, 2.05) is 19.1 Å². The van der Waals surface area contributed by atoms with Gasteiger partial charge in [0.2, 0.25) is 10.0 Å². The Balaban J connectivity index is 1.81. The molecule has 0 N–H and O–H groups in total. The van der Waals surface area contributed by atoms with Gasteiger partial charge in [0.1, 0.15) is 6.04 Å². The summed E-state index contributed by atoms with van der Waals surface area (Å²) in [6.07, 6.45) is 1.02. The molecule has 9 heteroatoms. The molecule has 1 aromatic heterocycles. The van der Waals surface area contributed by atoms with Gasteiger partial charge in [-0.2, -0.15) is 9.29 Å². The van der Waals surface area contributed by atoms with E-state index in [1.165, 1.54) is 4.31 Å². The molecule has 0 aliphatic carbocycles. The fraction of sp³-hybridized carbons (Fsp3) is 0.500. The Morgan fingerprint density at radius 2 is 1.93 bits per heavy atom. The van der Waals surface area contributed by atoms with E-state index < -0.39 is 22.0 Å². The highest BCUT2D eigenvalue weighted by Gasteiger charge is 2.41. The summed E-state index contributed by atoms with van der Waals surface area (Å²) < 4.78 is 37.9. The van der Waals surface area contributed by atoms with Crippen molar-refractivity contribution in [1.82, 2.24) is 14.4 Å². The van der Waals surface area contributed by atoms with Gasteiger partial charge in [-0.25, -0.2) is 8.42 Å². The molecule has 0 amide bonds. The molecule has 1 aliphatic heterocycles. The van der Waals surface area contributed by atoms with E-state index in [1.54, 1.807) is 20.8 Å². The average Bonchev–Trinajstić information content (AvgIpc) is 3.20. The minimum Gasteiger partial charge on any atom is -0.454 e. The number of hydrogen-bond donors (Lipinski definition) is 0. The molecule has 1 fully saturated rings. The molecule has 1 unspecified atom stereocenters. The smallest absolute Gasteiger partial charge is 0.324 e. The van der Waals surface area contributed by atoms with Crippen LogP contribution in [0.1, 0.15) is 41.2 Å². The minimum atomic E-state index is -3.81. The van der Waals surface area contributed by atoms with Crippen LogP contribution in [0, 0.1) is 27.7 Å². The van der Waals surface area contributed by atoms with Gasteiger partial charge in [-0.3, -0.25) is 4.79 Å². The van der Waals surface area contributed by atoms with Crippen molar-refractivity contribution < 1.29 is 22.5 Å². The molecule has 146 valence electrons. The number of rotatable bonds is 5. The average molecular weight is 393 g/mol. The molecule has 0 bridgehead atoms. The third-order valence-corrected chi connectivity index (χ3v) is 6.77. The summed E-state index contributed by atoms with van der Waals surface area (Å²) in [7, 11) is -3.81. The van der Waals surface area contributed by atoms with E-state index in [0.29, 0.717) is 29.8 Å². The number of sulfonamides is 1. The van der Waals surface area contributed by atoms with E-state index in [-0.39, 0.29) is 23.9 Å². The lowest BCUT2D eigenvalue weighted by molar-refractivity contribution is -0.149. The largest absolute Gasteiger partial charge is 0.454 e. The quantitative estimate of drug-likeness (QED) is 0.718. The third-order valence-electron chi connectivity index (χ3n) is 4.55. The van der Waals surface area contributed by atoms with Gasteiger partial charge in [0.15, 0.2) is 12.4 Å². The summed E-state index contributed by atoms with van der Waals surface area (Å²) in [6, 6.07) is 2.82. The second-order valence-corrected chi connectivity index (χ2v) is 8.67. The molecule has 2 heterocycles. The number of hydrogen-bond acceptors (Lipinski definition) is 7. The molecule has 1 atom stereocenters. The standard InChI is InChI=1S/C18H23N3O5S/c1-11-8-12(2)17(13(3)9-11)27(23,24)21-7-5-6-15(21)18(22)25-10-16-19-14(4)20-26-16/h8-9,15H,5-7,10H2,1-4H3. The summed E-state index contributed by atoms with van der Waals surface area (Å²) >= 11 is 0. The maximum absolute atomic E-state index is 13.3. The summed E-state index contributed by atoms with van der Waals surface area (Å²) in [4.78, 5) is 16.8. The van der Waals surface area contributed by atoms with Crippen LogP contribution in [0.4, 0.5) is 0 Å². The Morgan fingerprint density at radius 1 is 1.26 bits per heavy atom. The van der Waals surface area contributed by atoms with Gasteiger partial charge in [-0.05, 0) is 51.7 Å². The van der Waals surface area contributed by atoms with Crippen molar-refractivity contribution in [2.24, 2.45) is 0 Å². The van der Waals surface area contributed by atoms with Crippen LogP contribution < -0.4 is 0 Å². The van der Waals surface area contributed by atoms with Gasteiger partial charge in [-0.15, -0.1) is 0 Å². The Bertz CT molecular complexity index is 944. The molecule has 27 heavy (non-hydrogen) atoms. The molecule has 0 saturated carbocycles. The lowest BCUT2D eigenvalue weighted by Crippen LogP contribution is -2.41. The fourth-order valence-corrected chi connectivity index (χ4v) is 5.64. The zero-order valence-corrected chi connectivity index (χ0v) is 16.7. The Morgan fingerprint density at radius 3 is 2.52 bits per heavy atom. The first-order chi connectivity index (χ1) is 12.7. The molecular formula is C18H23N3O5S. The summed E-state index contributed by atoms with van der Waals surface area (Å²) in [5, 5.41) is 3.63. The number of benzene rings is 1. The molecule has 1 aromatic carbocycles. The van der Waals surface area contributed by atoms with Crippen molar-refractivity contribution in [2.75, 3.05) is 6.54 Å². The van der Waals surface area contributed by atoms with Crippen molar-refractivity contribution in [3.63, 3.8) is 0 Å². The maximum Gasteiger partial charge on any atom is 0.324 e. The van der Waals surface area contributed by atoms with Crippen LogP contribution >= 0.6 is 0 Å². The highest BCUT2D eigenvalue weighted by molar-refractivity contribution is 7.89. The van der Waals surface area contributed by atoms with Gasteiger partial charge in [-0.1, -0.05) is 22.9 Å². The highest BCUT2D eigenvalue weighted by Crippen LogP contribution is 2.31. The van der Waals surface area contributed by atoms with Crippen LogP contribution in [0.3, 0.4) is 0 Å². The van der Waals surface area contributed by atoms with Gasteiger partial charge in [0, 0.05) is 6.54 Å². The first kappa shape index (κ1) is 19.5. The van der Waals surface area contributed by atoms with E-state index in [9.17, 15) is 13.2 Å². The van der Waals surface area contributed by atoms with Crippen molar-refractivity contribution >= 4 is 16.0 Å². The Kier molecular flexibility index (Phi) is 5.34. The van der Waals surface area contributed by atoms with E-state index in [4.69, 9.17) is 9.26 Å². The van der Waals surface area contributed by atoms with Crippen molar-refractivity contribution in [3.8, 4) is 0 Å². The lowest BCUT2D eigenvalue weighted by Gasteiger charge is -2.24. The molecule has 1 saturated heterocycles. The SMILES string of the molecule is Cc1cc(C)c(S(=O)(=O)N2CCCC2C(=O)OCc2nc(C)no2)c(C)c1. The van der Waals surface area contributed by atoms with E-state index >= 15 is 0 Å². The predicted molar refractivity (Wildman–Crippen MR) is 96.4 cm³/mol. The number of nitrogens with zero attached hydrogens (tertiary/aromatic N) is 3. The van der Waals surface area contributed by atoms with Gasteiger partial charge in [0.05, 0.1) is 4.90 Å². The zero-order chi connectivity index (χ0) is 19.8. The van der Waals surface area contributed by atoms with Crippen LogP contribution in [-0.4, -0.2) is 41.4 Å². The number of esters is 1.